The van der Waals surface area contributed by atoms with E-state index in [0.717, 1.165) is 11.8 Å². The number of carbonyl (C=O) groups excluding carboxylic acids is 2. The quantitative estimate of drug-likeness (QED) is 0.860. The van der Waals surface area contributed by atoms with Gasteiger partial charge in [-0.25, -0.2) is 8.42 Å². The minimum Gasteiger partial charge on any atom is -0.323 e. The molecule has 1 aliphatic heterocycles. The van der Waals surface area contributed by atoms with Gasteiger partial charge in [0.2, 0.25) is 5.91 Å². The van der Waals surface area contributed by atoms with Gasteiger partial charge in [0, 0.05) is 11.8 Å². The zero-order chi connectivity index (χ0) is 20.0. The zero-order valence-corrected chi connectivity index (χ0v) is 16.6. The lowest BCUT2D eigenvalue weighted by atomic mass is 9.86. The molecule has 0 spiro atoms. The van der Waals surface area contributed by atoms with E-state index in [-0.39, 0.29) is 28.7 Å². The van der Waals surface area contributed by atoms with Crippen LogP contribution in [-0.2, 0) is 20.0 Å². The first kappa shape index (κ1) is 19.1. The van der Waals surface area contributed by atoms with Crippen molar-refractivity contribution < 1.29 is 18.0 Å². The summed E-state index contributed by atoms with van der Waals surface area (Å²) < 4.78 is 23.5. The van der Waals surface area contributed by atoms with E-state index in [9.17, 15) is 18.0 Å². The lowest BCUT2D eigenvalue weighted by molar-refractivity contribution is -0.115. The van der Waals surface area contributed by atoms with Crippen molar-refractivity contribution in [2.75, 3.05) is 23.0 Å². The number of anilines is 2. The third kappa shape index (κ3) is 3.88. The molecule has 0 unspecified atom stereocenters. The Bertz CT molecular complexity index is 1020. The predicted octanol–water partition coefficient (Wildman–Crippen LogP) is 2.99. The van der Waals surface area contributed by atoms with Crippen LogP contribution in [0.4, 0.5) is 11.4 Å². The average molecular weight is 386 g/mol. The highest BCUT2D eigenvalue weighted by atomic mass is 32.2. The van der Waals surface area contributed by atoms with Crippen molar-refractivity contribution in [3.8, 4) is 0 Å². The van der Waals surface area contributed by atoms with E-state index < -0.39 is 9.84 Å². The van der Waals surface area contributed by atoms with Crippen LogP contribution in [0.2, 0.25) is 0 Å². The van der Waals surface area contributed by atoms with Crippen LogP contribution in [0.5, 0.6) is 0 Å². The van der Waals surface area contributed by atoms with E-state index in [1.165, 1.54) is 17.0 Å². The van der Waals surface area contributed by atoms with E-state index in [1.807, 2.05) is 12.1 Å². The summed E-state index contributed by atoms with van der Waals surface area (Å²) in [6, 6.07) is 11.7. The second-order valence-electron chi connectivity index (χ2n) is 7.72. The zero-order valence-electron chi connectivity index (χ0n) is 15.7. The third-order valence-corrected chi connectivity index (χ3v) is 5.62. The minimum absolute atomic E-state index is 0.0266. The van der Waals surface area contributed by atoms with Gasteiger partial charge < -0.3 is 5.32 Å². The van der Waals surface area contributed by atoms with Crippen molar-refractivity contribution in [2.24, 2.45) is 0 Å². The first-order valence-electron chi connectivity index (χ1n) is 8.53. The molecule has 27 heavy (non-hydrogen) atoms. The highest BCUT2D eigenvalue weighted by Gasteiger charge is 2.29. The highest BCUT2D eigenvalue weighted by Crippen LogP contribution is 2.33. The van der Waals surface area contributed by atoms with Gasteiger partial charge in [0.1, 0.15) is 6.54 Å². The molecule has 1 heterocycles. The maximum absolute atomic E-state index is 13.0. The fourth-order valence-electron chi connectivity index (χ4n) is 2.95. The average Bonchev–Trinajstić information content (AvgIpc) is 2.58. The lowest BCUT2D eigenvalue weighted by Gasteiger charge is -2.29. The van der Waals surface area contributed by atoms with Crippen LogP contribution in [0.15, 0.2) is 47.4 Å². The molecule has 2 amide bonds. The van der Waals surface area contributed by atoms with Gasteiger partial charge in [0.05, 0.1) is 16.3 Å². The molecular formula is C20H22N2O4S. The van der Waals surface area contributed by atoms with E-state index in [2.05, 4.69) is 26.1 Å². The largest absolute Gasteiger partial charge is 0.323 e. The van der Waals surface area contributed by atoms with Gasteiger partial charge in [-0.15, -0.1) is 0 Å². The van der Waals surface area contributed by atoms with Crippen molar-refractivity contribution in [2.45, 2.75) is 31.1 Å². The Morgan fingerprint density at radius 3 is 2.26 bits per heavy atom. The van der Waals surface area contributed by atoms with Gasteiger partial charge >= 0.3 is 0 Å². The first-order chi connectivity index (χ1) is 12.5. The summed E-state index contributed by atoms with van der Waals surface area (Å²) in [5.41, 5.74) is 2.34. The van der Waals surface area contributed by atoms with Crippen molar-refractivity contribution in [3.63, 3.8) is 0 Å². The summed E-state index contributed by atoms with van der Waals surface area (Å²) in [5, 5.41) is 2.64. The molecule has 1 aliphatic rings. The number of rotatable bonds is 2. The fourth-order valence-corrected chi connectivity index (χ4v) is 3.60. The maximum Gasteiger partial charge on any atom is 0.258 e. The standard InChI is InChI=1S/C20H22N2O4S/c1-20(2,3)14-7-5-13(6-8-14)19(24)22-12-18(23)21-16-11-15(27(4,25)26)9-10-17(16)22/h5-11H,12H2,1-4H3,(H,21,23). The summed E-state index contributed by atoms with van der Waals surface area (Å²) in [6.07, 6.45) is 1.10. The van der Waals surface area contributed by atoms with Gasteiger partial charge in [-0.1, -0.05) is 32.9 Å². The smallest absolute Gasteiger partial charge is 0.258 e. The molecule has 3 rings (SSSR count). The molecule has 0 radical (unpaired) electrons. The van der Waals surface area contributed by atoms with Crippen molar-refractivity contribution in [1.29, 1.82) is 0 Å². The number of hydrogen-bond donors (Lipinski definition) is 1. The monoisotopic (exact) mass is 386 g/mol. The molecule has 0 atom stereocenters. The Morgan fingerprint density at radius 1 is 1.07 bits per heavy atom. The molecule has 142 valence electrons. The summed E-state index contributed by atoms with van der Waals surface area (Å²) in [7, 11) is -3.42. The Kier molecular flexibility index (Phi) is 4.59. The second-order valence-corrected chi connectivity index (χ2v) is 9.73. The number of amides is 2. The van der Waals surface area contributed by atoms with Gasteiger partial charge in [-0.2, -0.15) is 0 Å². The molecule has 2 aromatic rings. The maximum atomic E-state index is 13.0. The van der Waals surface area contributed by atoms with Crippen LogP contribution >= 0.6 is 0 Å². The first-order valence-corrected chi connectivity index (χ1v) is 10.4. The van der Waals surface area contributed by atoms with E-state index in [4.69, 9.17) is 0 Å². The van der Waals surface area contributed by atoms with Crippen molar-refractivity contribution in [1.82, 2.24) is 0 Å². The summed E-state index contributed by atoms with van der Waals surface area (Å²) in [5.74, 6) is -0.675. The van der Waals surface area contributed by atoms with Crippen molar-refractivity contribution >= 4 is 33.0 Å². The molecule has 0 bridgehead atoms. The minimum atomic E-state index is -3.42. The highest BCUT2D eigenvalue weighted by molar-refractivity contribution is 7.90. The second kappa shape index (κ2) is 6.49. The number of hydrogen-bond acceptors (Lipinski definition) is 4. The summed E-state index contributed by atoms with van der Waals surface area (Å²) in [6.45, 7) is 6.16. The number of nitrogens with zero attached hydrogens (tertiary/aromatic N) is 1. The van der Waals surface area contributed by atoms with Crippen LogP contribution < -0.4 is 10.2 Å². The van der Waals surface area contributed by atoms with E-state index in [0.29, 0.717) is 16.9 Å². The molecule has 0 saturated carbocycles. The van der Waals surface area contributed by atoms with Gasteiger partial charge in [-0.05, 0) is 41.3 Å². The van der Waals surface area contributed by atoms with E-state index >= 15 is 0 Å². The van der Waals surface area contributed by atoms with E-state index in [1.54, 1.807) is 18.2 Å². The number of nitrogens with one attached hydrogen (secondary N) is 1. The van der Waals surface area contributed by atoms with Gasteiger partial charge in [0.15, 0.2) is 9.84 Å². The summed E-state index contributed by atoms with van der Waals surface area (Å²) >= 11 is 0. The summed E-state index contributed by atoms with van der Waals surface area (Å²) in [4.78, 5) is 26.5. The van der Waals surface area contributed by atoms with Gasteiger partial charge in [-0.3, -0.25) is 14.5 Å². The number of carbonyl (C=O) groups is 2. The van der Waals surface area contributed by atoms with Crippen LogP contribution in [0, 0.1) is 0 Å². The van der Waals surface area contributed by atoms with Crippen LogP contribution in [0.3, 0.4) is 0 Å². The third-order valence-electron chi connectivity index (χ3n) is 4.51. The number of fused-ring (bicyclic) bond motifs is 1. The molecule has 2 aromatic carbocycles. The molecule has 6 nitrogen and oxygen atoms in total. The molecule has 1 N–H and O–H groups in total. The van der Waals surface area contributed by atoms with Crippen LogP contribution in [0.1, 0.15) is 36.7 Å². The molecule has 0 aromatic heterocycles. The molecular weight excluding hydrogens is 364 g/mol. The Morgan fingerprint density at radius 2 is 1.70 bits per heavy atom. The molecule has 0 fully saturated rings. The van der Waals surface area contributed by atoms with Crippen LogP contribution in [0.25, 0.3) is 0 Å². The Labute approximate surface area is 159 Å². The van der Waals surface area contributed by atoms with Gasteiger partial charge in [0.25, 0.3) is 5.91 Å². The molecule has 0 saturated heterocycles. The predicted molar refractivity (Wildman–Crippen MR) is 105 cm³/mol. The number of benzene rings is 2. The normalized spacial score (nSPS) is 14.5. The topological polar surface area (TPSA) is 83.6 Å². The van der Waals surface area contributed by atoms with Crippen molar-refractivity contribution in [3.05, 3.63) is 53.6 Å². The van der Waals surface area contributed by atoms with Crippen LogP contribution in [-0.4, -0.2) is 33.0 Å². The lowest BCUT2D eigenvalue weighted by Crippen LogP contribution is -2.42. The Hall–Kier alpha value is -2.67. The fraction of sp³-hybridized carbons (Fsp3) is 0.300. The SMILES string of the molecule is CC(C)(C)c1ccc(C(=O)N2CC(=O)Nc3cc(S(C)(=O)=O)ccc32)cc1. The Balaban J connectivity index is 1.98. The number of sulfone groups is 1. The molecule has 0 aliphatic carbocycles. The molecule has 7 heteroatoms.